The Kier molecular flexibility index (Phi) is 8.36. The molecule has 0 unspecified atom stereocenters. The first-order valence-corrected chi connectivity index (χ1v) is 10.5. The molecular weight excluding hydrogens is 402 g/mol. The van der Waals surface area contributed by atoms with E-state index >= 15 is 0 Å². The number of benzene rings is 1. The van der Waals surface area contributed by atoms with Gasteiger partial charge in [0.05, 0.1) is 13.2 Å². The molecule has 0 atom stereocenters. The molecule has 0 radical (unpaired) electrons. The second kappa shape index (κ2) is 11.4. The van der Waals surface area contributed by atoms with E-state index in [0.29, 0.717) is 65.6 Å². The van der Waals surface area contributed by atoms with Crippen LogP contribution < -0.4 is 10.6 Å². The Labute approximate surface area is 181 Å². The highest BCUT2D eigenvalue weighted by atomic mass is 16.5. The molecule has 2 saturated heterocycles. The number of ether oxygens (including phenoxy) is 1. The molecule has 2 aliphatic heterocycles. The largest absolute Gasteiger partial charge is 0.378 e. The topological polar surface area (TPSA) is 111 Å². The molecule has 1 aromatic carbocycles. The third kappa shape index (κ3) is 7.04. The predicted molar refractivity (Wildman–Crippen MR) is 112 cm³/mol. The number of nitrogens with zero attached hydrogens (tertiary/aromatic N) is 3. The number of carbonyl (C=O) groups is 4. The highest BCUT2D eigenvalue weighted by Crippen LogP contribution is 2.06. The van der Waals surface area contributed by atoms with Gasteiger partial charge in [-0.1, -0.05) is 30.3 Å². The molecule has 0 saturated carbocycles. The van der Waals surface area contributed by atoms with E-state index in [2.05, 4.69) is 10.6 Å². The lowest BCUT2D eigenvalue weighted by Crippen LogP contribution is -2.55. The third-order valence-corrected chi connectivity index (χ3v) is 5.34. The van der Waals surface area contributed by atoms with E-state index in [9.17, 15) is 19.2 Å². The monoisotopic (exact) mass is 431 g/mol. The minimum Gasteiger partial charge on any atom is -0.378 e. The number of imide groups is 1. The zero-order valence-corrected chi connectivity index (χ0v) is 17.5. The Bertz CT molecular complexity index is 774. The maximum absolute atomic E-state index is 12.4. The van der Waals surface area contributed by atoms with Crippen molar-refractivity contribution >= 4 is 23.8 Å². The van der Waals surface area contributed by atoms with Gasteiger partial charge in [0.2, 0.25) is 5.91 Å². The van der Waals surface area contributed by atoms with E-state index in [-0.39, 0.29) is 12.3 Å². The van der Waals surface area contributed by atoms with Crippen molar-refractivity contribution in [2.45, 2.75) is 13.0 Å². The Hall–Kier alpha value is -2.98. The number of rotatable bonds is 5. The number of piperazine rings is 1. The van der Waals surface area contributed by atoms with Crippen LogP contribution in [0.1, 0.15) is 12.0 Å². The van der Waals surface area contributed by atoms with Crippen molar-refractivity contribution < 1.29 is 23.9 Å². The van der Waals surface area contributed by atoms with Crippen LogP contribution in [0, 0.1) is 0 Å². The molecule has 1 aromatic rings. The fourth-order valence-electron chi connectivity index (χ4n) is 3.48. The van der Waals surface area contributed by atoms with Gasteiger partial charge in [0.25, 0.3) is 0 Å². The Morgan fingerprint density at radius 3 is 2.10 bits per heavy atom. The lowest BCUT2D eigenvalue weighted by Gasteiger charge is -2.35. The van der Waals surface area contributed by atoms with Crippen LogP contribution in [-0.4, -0.2) is 97.5 Å². The summed E-state index contributed by atoms with van der Waals surface area (Å²) in [5, 5.41) is 4.98. The van der Waals surface area contributed by atoms with Gasteiger partial charge in [0.15, 0.2) is 0 Å². The quantitative estimate of drug-likeness (QED) is 0.603. The van der Waals surface area contributed by atoms with Crippen molar-refractivity contribution in [3.05, 3.63) is 35.9 Å². The summed E-state index contributed by atoms with van der Waals surface area (Å²) in [6.45, 7) is 4.67. The standard InChI is InChI=1S/C21H29N5O5/c27-18(23-21(30)22-16-17-4-2-1-3-5-17)6-7-24-8-10-25(11-9-24)19(28)20(29)26-12-14-31-15-13-26/h1-5H,6-16H2,(H2,22,23,27,30). The first-order chi connectivity index (χ1) is 15.0. The minimum absolute atomic E-state index is 0.180. The van der Waals surface area contributed by atoms with Crippen LogP contribution in [-0.2, 0) is 25.7 Å². The molecule has 168 valence electrons. The minimum atomic E-state index is -0.522. The number of carbonyl (C=O) groups excluding carboxylic acids is 4. The fourth-order valence-corrected chi connectivity index (χ4v) is 3.48. The smallest absolute Gasteiger partial charge is 0.321 e. The van der Waals surface area contributed by atoms with Gasteiger partial charge >= 0.3 is 17.8 Å². The van der Waals surface area contributed by atoms with Gasteiger partial charge in [0, 0.05) is 58.8 Å². The average molecular weight is 431 g/mol. The summed E-state index contributed by atoms with van der Waals surface area (Å²) in [5.41, 5.74) is 0.949. The Balaban J connectivity index is 1.31. The zero-order chi connectivity index (χ0) is 22.1. The van der Waals surface area contributed by atoms with Gasteiger partial charge in [0.1, 0.15) is 0 Å². The molecule has 2 aliphatic rings. The summed E-state index contributed by atoms with van der Waals surface area (Å²) in [6.07, 6.45) is 0.180. The van der Waals surface area contributed by atoms with Crippen LogP contribution >= 0.6 is 0 Å². The predicted octanol–water partition coefficient (Wildman–Crippen LogP) is -0.594. The molecule has 0 spiro atoms. The SMILES string of the molecule is O=C(CCN1CCN(C(=O)C(=O)N2CCOCC2)CC1)NC(=O)NCc1ccccc1. The Morgan fingerprint density at radius 2 is 1.45 bits per heavy atom. The summed E-state index contributed by atoms with van der Waals surface area (Å²) < 4.78 is 5.21. The summed E-state index contributed by atoms with van der Waals surface area (Å²) in [7, 11) is 0. The maximum atomic E-state index is 12.4. The lowest BCUT2D eigenvalue weighted by molar-refractivity contribution is -0.155. The van der Waals surface area contributed by atoms with E-state index < -0.39 is 17.8 Å². The number of urea groups is 1. The number of nitrogens with one attached hydrogen (secondary N) is 2. The van der Waals surface area contributed by atoms with Crippen molar-refractivity contribution in [3.8, 4) is 0 Å². The first kappa shape index (κ1) is 22.7. The van der Waals surface area contributed by atoms with Crippen molar-refractivity contribution in [2.75, 3.05) is 59.0 Å². The molecule has 3 rings (SSSR count). The Morgan fingerprint density at radius 1 is 0.839 bits per heavy atom. The van der Waals surface area contributed by atoms with Gasteiger partial charge in [-0.3, -0.25) is 24.6 Å². The first-order valence-electron chi connectivity index (χ1n) is 10.5. The van der Waals surface area contributed by atoms with Crippen molar-refractivity contribution in [1.82, 2.24) is 25.3 Å². The summed E-state index contributed by atoms with van der Waals surface area (Å²) in [6, 6.07) is 8.91. The molecule has 5 amide bonds. The van der Waals surface area contributed by atoms with E-state index in [1.807, 2.05) is 35.2 Å². The molecule has 0 bridgehead atoms. The van der Waals surface area contributed by atoms with Crippen molar-refractivity contribution in [3.63, 3.8) is 0 Å². The van der Waals surface area contributed by atoms with Crippen LogP contribution in [0.4, 0.5) is 4.79 Å². The maximum Gasteiger partial charge on any atom is 0.321 e. The number of amides is 5. The summed E-state index contributed by atoms with van der Waals surface area (Å²) in [4.78, 5) is 53.7. The normalized spacial score (nSPS) is 17.2. The van der Waals surface area contributed by atoms with E-state index in [4.69, 9.17) is 4.74 Å². The molecular formula is C21H29N5O5. The van der Waals surface area contributed by atoms with E-state index in [1.165, 1.54) is 4.90 Å². The number of hydrogen-bond donors (Lipinski definition) is 2. The second-order valence-corrected chi connectivity index (χ2v) is 7.50. The van der Waals surface area contributed by atoms with Crippen LogP contribution in [0.5, 0.6) is 0 Å². The molecule has 2 fully saturated rings. The van der Waals surface area contributed by atoms with Crippen LogP contribution in [0.2, 0.25) is 0 Å². The highest BCUT2D eigenvalue weighted by molar-refractivity contribution is 6.34. The van der Waals surface area contributed by atoms with E-state index in [0.717, 1.165) is 5.56 Å². The van der Waals surface area contributed by atoms with Gasteiger partial charge in [-0.2, -0.15) is 0 Å². The molecule has 10 nitrogen and oxygen atoms in total. The second-order valence-electron chi connectivity index (χ2n) is 7.50. The number of morpholine rings is 1. The molecule has 2 N–H and O–H groups in total. The average Bonchev–Trinajstić information content (AvgIpc) is 2.82. The van der Waals surface area contributed by atoms with Gasteiger partial charge in [-0.15, -0.1) is 0 Å². The zero-order valence-electron chi connectivity index (χ0n) is 17.5. The molecule has 0 aliphatic carbocycles. The van der Waals surface area contributed by atoms with Gasteiger partial charge in [-0.05, 0) is 5.56 Å². The van der Waals surface area contributed by atoms with E-state index in [1.54, 1.807) is 4.90 Å². The van der Waals surface area contributed by atoms with Crippen LogP contribution in [0.25, 0.3) is 0 Å². The highest BCUT2D eigenvalue weighted by Gasteiger charge is 2.30. The molecule has 0 aromatic heterocycles. The van der Waals surface area contributed by atoms with Gasteiger partial charge in [-0.25, -0.2) is 4.79 Å². The summed E-state index contributed by atoms with van der Waals surface area (Å²) in [5.74, 6) is -1.31. The van der Waals surface area contributed by atoms with Gasteiger partial charge < -0.3 is 19.9 Å². The molecule has 10 heteroatoms. The van der Waals surface area contributed by atoms with Crippen LogP contribution in [0.3, 0.4) is 0 Å². The van der Waals surface area contributed by atoms with Crippen molar-refractivity contribution in [2.24, 2.45) is 0 Å². The van der Waals surface area contributed by atoms with Crippen LogP contribution in [0.15, 0.2) is 30.3 Å². The summed E-state index contributed by atoms with van der Waals surface area (Å²) >= 11 is 0. The molecule has 31 heavy (non-hydrogen) atoms. The lowest BCUT2D eigenvalue weighted by atomic mass is 10.2. The third-order valence-electron chi connectivity index (χ3n) is 5.34. The number of hydrogen-bond acceptors (Lipinski definition) is 6. The molecule has 2 heterocycles. The fraction of sp³-hybridized carbons (Fsp3) is 0.524. The van der Waals surface area contributed by atoms with Crippen molar-refractivity contribution in [1.29, 1.82) is 0 Å².